The van der Waals surface area contributed by atoms with Gasteiger partial charge in [-0.25, -0.2) is 18.0 Å². The zero-order chi connectivity index (χ0) is 40.3. The molecule has 11 heteroatoms. The van der Waals surface area contributed by atoms with Crippen LogP contribution in [-0.2, 0) is 16.1 Å². The van der Waals surface area contributed by atoms with Gasteiger partial charge < -0.3 is 18.9 Å². The lowest BCUT2D eigenvalue weighted by Gasteiger charge is -2.15. The van der Waals surface area contributed by atoms with Crippen molar-refractivity contribution in [3.63, 3.8) is 0 Å². The Hall–Kier alpha value is -4.77. The molecule has 0 saturated carbocycles. The van der Waals surface area contributed by atoms with E-state index in [9.17, 15) is 31.5 Å². The van der Waals surface area contributed by atoms with Crippen LogP contribution in [0.5, 0.6) is 17.2 Å². The lowest BCUT2D eigenvalue weighted by Crippen LogP contribution is -2.13. The summed E-state index contributed by atoms with van der Waals surface area (Å²) in [7, 11) is 0. The maximum Gasteiger partial charge on any atom is 0.343 e. The van der Waals surface area contributed by atoms with Gasteiger partial charge in [0.15, 0.2) is 0 Å². The average Bonchev–Trinajstić information content (AvgIpc) is 3.21. The Bertz CT molecular complexity index is 1780. The van der Waals surface area contributed by atoms with E-state index in [1.54, 1.807) is 24.3 Å². The molecule has 0 radical (unpaired) electrons. The summed E-state index contributed by atoms with van der Waals surface area (Å²) in [6.45, 7) is 5.36. The summed E-state index contributed by atoms with van der Waals surface area (Å²) < 4.78 is 88.8. The van der Waals surface area contributed by atoms with E-state index in [2.05, 4.69) is 18.6 Å². The van der Waals surface area contributed by atoms with Crippen molar-refractivity contribution in [2.75, 3.05) is 6.61 Å². The second-order valence-corrected chi connectivity index (χ2v) is 13.9. The number of esters is 2. The van der Waals surface area contributed by atoms with Crippen LogP contribution < -0.4 is 14.2 Å². The monoisotopic (exact) mass is 782 g/mol. The zero-order valence-electron chi connectivity index (χ0n) is 32.2. The predicted molar refractivity (Wildman–Crippen MR) is 205 cm³/mol. The summed E-state index contributed by atoms with van der Waals surface area (Å²) in [4.78, 5) is 24.6. The molecule has 4 aromatic rings. The maximum absolute atomic E-state index is 13.7. The molecule has 0 bridgehead atoms. The van der Waals surface area contributed by atoms with E-state index in [0.29, 0.717) is 37.4 Å². The number of rotatable bonds is 24. The van der Waals surface area contributed by atoms with Gasteiger partial charge in [-0.05, 0) is 85.7 Å². The standard InChI is InChI=1S/C45H51F5O6/c1-3-4-5-12-15-31(2)54-36-27-23-34(24-28-36)33-19-21-35(22-20-33)45(52)55-37-25-17-32(18-26-37)30-53-29-14-11-9-7-6-8-10-13-16-38(51)56-44-42(49)40(47)39(46)41(48)43(44)50/h17-28,31H,3-16,29-30H2,1-2H3/t31-/m1/s1. The largest absolute Gasteiger partial charge is 0.491 e. The highest BCUT2D eigenvalue weighted by molar-refractivity contribution is 5.91. The highest BCUT2D eigenvalue weighted by Gasteiger charge is 2.28. The number of ether oxygens (including phenoxy) is 4. The first kappa shape index (κ1) is 44.0. The fraction of sp³-hybridized carbons (Fsp3) is 0.422. The van der Waals surface area contributed by atoms with Crippen LogP contribution in [0.1, 0.15) is 120 Å². The molecule has 0 aromatic heterocycles. The smallest absolute Gasteiger partial charge is 0.343 e. The van der Waals surface area contributed by atoms with Crippen molar-refractivity contribution in [2.24, 2.45) is 0 Å². The van der Waals surface area contributed by atoms with Crippen molar-refractivity contribution >= 4 is 11.9 Å². The first-order valence-corrected chi connectivity index (χ1v) is 19.6. The van der Waals surface area contributed by atoms with Crippen molar-refractivity contribution in [3.05, 3.63) is 113 Å². The molecule has 56 heavy (non-hydrogen) atoms. The Morgan fingerprint density at radius 1 is 0.571 bits per heavy atom. The van der Waals surface area contributed by atoms with Crippen LogP contribution in [-0.4, -0.2) is 24.6 Å². The van der Waals surface area contributed by atoms with Crippen LogP contribution >= 0.6 is 0 Å². The first-order chi connectivity index (χ1) is 27.1. The molecule has 1 atom stereocenters. The first-order valence-electron chi connectivity index (χ1n) is 19.6. The third-order valence-corrected chi connectivity index (χ3v) is 9.32. The Balaban J connectivity index is 1.03. The van der Waals surface area contributed by atoms with Gasteiger partial charge in [0.1, 0.15) is 11.5 Å². The average molecular weight is 783 g/mol. The topological polar surface area (TPSA) is 71.1 Å². The van der Waals surface area contributed by atoms with Gasteiger partial charge in [-0.3, -0.25) is 4.79 Å². The Morgan fingerprint density at radius 2 is 1.09 bits per heavy atom. The summed E-state index contributed by atoms with van der Waals surface area (Å²) in [6, 6.07) is 22.6. The third-order valence-electron chi connectivity index (χ3n) is 9.32. The summed E-state index contributed by atoms with van der Waals surface area (Å²) in [5.74, 6) is -12.8. The number of hydrogen-bond acceptors (Lipinski definition) is 6. The summed E-state index contributed by atoms with van der Waals surface area (Å²) in [5, 5.41) is 0. The fourth-order valence-electron chi connectivity index (χ4n) is 6.06. The van der Waals surface area contributed by atoms with Gasteiger partial charge in [-0.2, -0.15) is 8.78 Å². The highest BCUT2D eigenvalue weighted by atomic mass is 19.2. The van der Waals surface area contributed by atoms with Crippen LogP contribution in [0.2, 0.25) is 0 Å². The van der Waals surface area contributed by atoms with Gasteiger partial charge in [-0.1, -0.05) is 101 Å². The van der Waals surface area contributed by atoms with E-state index >= 15 is 0 Å². The number of carbonyl (C=O) groups excluding carboxylic acids is 2. The quantitative estimate of drug-likeness (QED) is 0.0176. The molecule has 0 unspecified atom stereocenters. The van der Waals surface area contributed by atoms with E-state index in [-0.39, 0.29) is 12.5 Å². The van der Waals surface area contributed by atoms with Crippen molar-refractivity contribution < 1.29 is 50.5 Å². The Labute approximate surface area is 326 Å². The zero-order valence-corrected chi connectivity index (χ0v) is 32.2. The molecule has 4 aromatic carbocycles. The van der Waals surface area contributed by atoms with Crippen LogP contribution in [0, 0.1) is 29.1 Å². The molecule has 0 amide bonds. The van der Waals surface area contributed by atoms with Crippen molar-refractivity contribution in [3.8, 4) is 28.4 Å². The molecule has 0 N–H and O–H groups in total. The molecule has 0 aliphatic heterocycles. The lowest BCUT2D eigenvalue weighted by atomic mass is 10.0. The van der Waals surface area contributed by atoms with Crippen molar-refractivity contribution in [2.45, 2.75) is 116 Å². The van der Waals surface area contributed by atoms with Gasteiger partial charge in [0.2, 0.25) is 34.8 Å². The van der Waals surface area contributed by atoms with E-state index < -0.39 is 46.8 Å². The molecule has 302 valence electrons. The molecule has 0 spiro atoms. The highest BCUT2D eigenvalue weighted by Crippen LogP contribution is 2.30. The minimum absolute atomic E-state index is 0.175. The molecule has 0 aliphatic rings. The van der Waals surface area contributed by atoms with Gasteiger partial charge in [0.25, 0.3) is 0 Å². The van der Waals surface area contributed by atoms with E-state index in [4.69, 9.17) is 14.2 Å². The van der Waals surface area contributed by atoms with Crippen LogP contribution in [0.3, 0.4) is 0 Å². The molecule has 6 nitrogen and oxygen atoms in total. The van der Waals surface area contributed by atoms with Gasteiger partial charge >= 0.3 is 11.9 Å². The molecular weight excluding hydrogens is 731 g/mol. The van der Waals surface area contributed by atoms with Crippen LogP contribution in [0.4, 0.5) is 22.0 Å². The number of carbonyl (C=O) groups is 2. The SMILES string of the molecule is CCCCCC[C@@H](C)Oc1ccc(-c2ccc(C(=O)Oc3ccc(COCCCCCCCCCCC(=O)Oc4c(F)c(F)c(F)c(F)c4F)cc3)cc2)cc1. The molecule has 0 aliphatic carbocycles. The van der Waals surface area contributed by atoms with E-state index in [0.717, 1.165) is 67.4 Å². The van der Waals surface area contributed by atoms with Crippen molar-refractivity contribution in [1.82, 2.24) is 0 Å². The van der Waals surface area contributed by atoms with Crippen LogP contribution in [0.15, 0.2) is 72.8 Å². The third kappa shape index (κ3) is 14.1. The number of unbranched alkanes of at least 4 members (excludes halogenated alkanes) is 10. The maximum atomic E-state index is 13.7. The van der Waals surface area contributed by atoms with E-state index in [1.165, 1.54) is 25.7 Å². The van der Waals surface area contributed by atoms with E-state index in [1.807, 2.05) is 48.5 Å². The van der Waals surface area contributed by atoms with Crippen LogP contribution in [0.25, 0.3) is 11.1 Å². The second-order valence-electron chi connectivity index (χ2n) is 13.9. The van der Waals surface area contributed by atoms with Crippen molar-refractivity contribution in [1.29, 1.82) is 0 Å². The fourth-order valence-corrected chi connectivity index (χ4v) is 6.06. The number of halogens is 5. The lowest BCUT2D eigenvalue weighted by molar-refractivity contribution is -0.135. The Morgan fingerprint density at radius 3 is 1.70 bits per heavy atom. The normalized spacial score (nSPS) is 11.7. The van der Waals surface area contributed by atoms with Gasteiger partial charge in [0, 0.05) is 13.0 Å². The number of hydrogen-bond donors (Lipinski definition) is 0. The molecule has 4 rings (SSSR count). The number of benzene rings is 4. The van der Waals surface area contributed by atoms with Gasteiger partial charge in [0.05, 0.1) is 18.3 Å². The molecule has 0 heterocycles. The molecular formula is C45H51F5O6. The minimum Gasteiger partial charge on any atom is -0.491 e. The van der Waals surface area contributed by atoms with Gasteiger partial charge in [-0.15, -0.1) is 0 Å². The summed E-state index contributed by atoms with van der Waals surface area (Å²) >= 11 is 0. The predicted octanol–water partition coefficient (Wildman–Crippen LogP) is 12.6. The molecule has 0 saturated heterocycles. The summed E-state index contributed by atoms with van der Waals surface area (Å²) in [5.41, 5.74) is 3.44. The molecule has 0 fully saturated rings. The second kappa shape index (κ2) is 23.3. The summed E-state index contributed by atoms with van der Waals surface area (Å²) in [6.07, 6.45) is 12.6. The minimum atomic E-state index is -2.31. The Kier molecular flexibility index (Phi) is 18.3.